The van der Waals surface area contributed by atoms with Crippen LogP contribution in [-0.4, -0.2) is 51.9 Å². The molecule has 174 valence electrons. The van der Waals surface area contributed by atoms with Gasteiger partial charge in [0.15, 0.2) is 6.23 Å². The first kappa shape index (κ1) is 24.2. The van der Waals surface area contributed by atoms with Crippen molar-refractivity contribution in [3.8, 4) is 0 Å². The molecule has 2 fully saturated rings. The van der Waals surface area contributed by atoms with Gasteiger partial charge < -0.3 is 9.47 Å². The van der Waals surface area contributed by atoms with Gasteiger partial charge in [0.2, 0.25) is 0 Å². The van der Waals surface area contributed by atoms with Crippen molar-refractivity contribution in [1.82, 2.24) is 9.55 Å². The van der Waals surface area contributed by atoms with E-state index in [0.29, 0.717) is 12.8 Å². The second kappa shape index (κ2) is 9.56. The highest BCUT2D eigenvalue weighted by Crippen LogP contribution is 2.59. The Morgan fingerprint density at radius 1 is 1.42 bits per heavy atom. The van der Waals surface area contributed by atoms with Crippen molar-refractivity contribution >= 4 is 25.4 Å². The molecule has 3 rings (SSSR count). The molecule has 1 aromatic rings. The Hall–Kier alpha value is -1.49. The number of hydrogen-bond donors (Lipinski definition) is 1. The Bertz CT molecular complexity index is 960. The molecule has 0 amide bonds. The zero-order valence-electron chi connectivity index (χ0n) is 17.4. The normalized spacial score (nSPS) is 32.7. The first-order chi connectivity index (χ1) is 14.5. The first-order valence-corrected chi connectivity index (χ1v) is 11.8. The maximum atomic E-state index is 12.9. The maximum absolute atomic E-state index is 12.9. The second-order valence-corrected chi connectivity index (χ2v) is 10.2. The smallest absolute Gasteiger partial charge is 0.463 e. The van der Waals surface area contributed by atoms with Gasteiger partial charge in [-0.1, -0.05) is 0 Å². The fourth-order valence-electron chi connectivity index (χ4n) is 3.39. The third-order valence-corrected chi connectivity index (χ3v) is 6.67. The monoisotopic (exact) mass is 480 g/mol. The third-order valence-electron chi connectivity index (χ3n) is 4.82. The third kappa shape index (κ3) is 5.66. The van der Waals surface area contributed by atoms with E-state index in [0.717, 1.165) is 4.57 Å². The average Bonchev–Trinajstić information content (AvgIpc) is 2.91. The Morgan fingerprint density at radius 3 is 2.84 bits per heavy atom. The van der Waals surface area contributed by atoms with Gasteiger partial charge >= 0.3 is 19.5 Å². The molecule has 3 heterocycles. The van der Waals surface area contributed by atoms with Gasteiger partial charge in [-0.05, 0) is 33.6 Å². The van der Waals surface area contributed by atoms with Gasteiger partial charge in [-0.25, -0.2) is 9.36 Å². The van der Waals surface area contributed by atoms with Crippen LogP contribution in [0.5, 0.6) is 0 Å². The number of phosphoric ester groups is 1. The number of carbonyl (C=O) groups is 1. The van der Waals surface area contributed by atoms with Crippen LogP contribution in [0.25, 0.3) is 0 Å². The molecule has 1 aromatic heterocycles. The van der Waals surface area contributed by atoms with Gasteiger partial charge in [0.25, 0.3) is 5.56 Å². The van der Waals surface area contributed by atoms with Gasteiger partial charge in [0.1, 0.15) is 17.1 Å². The lowest BCUT2D eigenvalue weighted by atomic mass is 10.0. The predicted octanol–water partition coefficient (Wildman–Crippen LogP) is 2.09. The van der Waals surface area contributed by atoms with Crippen molar-refractivity contribution in [2.24, 2.45) is 0 Å². The van der Waals surface area contributed by atoms with Crippen molar-refractivity contribution in [3.05, 3.63) is 33.1 Å². The predicted molar refractivity (Wildman–Crippen MR) is 109 cm³/mol. The largest absolute Gasteiger partial charge is 0.475 e. The van der Waals surface area contributed by atoms with Gasteiger partial charge in [0.05, 0.1) is 19.3 Å². The number of nitrogens with one attached hydrogen (secondary N) is 1. The molecule has 31 heavy (non-hydrogen) atoms. The molecule has 2 saturated heterocycles. The highest BCUT2D eigenvalue weighted by Gasteiger charge is 2.60. The van der Waals surface area contributed by atoms with Crippen LogP contribution in [0.3, 0.4) is 0 Å². The molecular weight excluding hydrogens is 455 g/mol. The van der Waals surface area contributed by atoms with E-state index in [4.69, 9.17) is 34.6 Å². The molecule has 0 aliphatic carbocycles. The van der Waals surface area contributed by atoms with Gasteiger partial charge in [-0.3, -0.25) is 32.7 Å². The van der Waals surface area contributed by atoms with Crippen LogP contribution in [-0.2, 0) is 32.4 Å². The number of aromatic amines is 1. The summed E-state index contributed by atoms with van der Waals surface area (Å²) in [6.45, 7) is 5.06. The molecule has 0 unspecified atom stereocenters. The van der Waals surface area contributed by atoms with E-state index < -0.39 is 42.4 Å². The SMILES string of the molecule is CC(C)OC(=O)CCCCO[P@@]1(=O)OC[C@H]2O[C@@H](n3ccc(=O)[nH]c3=O)[C@](C)(Cl)[C@@H]2O1. The topological polar surface area (TPSA) is 135 Å². The number of nitrogens with zero attached hydrogens (tertiary/aromatic N) is 1. The number of hydrogen-bond acceptors (Lipinski definition) is 9. The zero-order chi connectivity index (χ0) is 22.8. The second-order valence-electron chi connectivity index (χ2n) is 7.79. The summed E-state index contributed by atoms with van der Waals surface area (Å²) in [5.74, 6) is -0.306. The summed E-state index contributed by atoms with van der Waals surface area (Å²) >= 11 is 6.66. The van der Waals surface area contributed by atoms with Crippen LogP contribution in [0.2, 0.25) is 0 Å². The summed E-state index contributed by atoms with van der Waals surface area (Å²) in [4.78, 5) is 35.8. The molecule has 2 aliphatic rings. The maximum Gasteiger partial charge on any atom is 0.475 e. The van der Waals surface area contributed by atoms with Crippen LogP contribution in [0.1, 0.15) is 46.3 Å². The average molecular weight is 481 g/mol. The summed E-state index contributed by atoms with van der Waals surface area (Å²) in [7, 11) is -3.91. The van der Waals surface area contributed by atoms with Gasteiger partial charge in [-0.2, -0.15) is 0 Å². The van der Waals surface area contributed by atoms with Crippen LogP contribution >= 0.6 is 19.4 Å². The molecule has 13 heteroatoms. The Labute approximate surface area is 183 Å². The summed E-state index contributed by atoms with van der Waals surface area (Å²) in [5.41, 5.74) is -1.25. The zero-order valence-corrected chi connectivity index (χ0v) is 19.1. The van der Waals surface area contributed by atoms with Crippen LogP contribution in [0.4, 0.5) is 0 Å². The summed E-state index contributed by atoms with van der Waals surface area (Å²) in [5, 5.41) is 0. The summed E-state index contributed by atoms with van der Waals surface area (Å²) in [6.07, 6.45) is -0.317. The highest BCUT2D eigenvalue weighted by molar-refractivity contribution is 7.48. The molecule has 11 nitrogen and oxygen atoms in total. The lowest BCUT2D eigenvalue weighted by molar-refractivity contribution is -0.147. The Balaban J connectivity index is 1.58. The number of alkyl halides is 1. The molecule has 2 aliphatic heterocycles. The Morgan fingerprint density at radius 2 is 2.16 bits per heavy atom. The number of aromatic nitrogens is 2. The van der Waals surface area contributed by atoms with E-state index in [2.05, 4.69) is 4.98 Å². The number of unbranched alkanes of at least 4 members (excludes halogenated alkanes) is 1. The fraction of sp³-hybridized carbons (Fsp3) is 0.722. The van der Waals surface area contributed by atoms with Crippen LogP contribution in [0, 0.1) is 0 Å². The molecule has 0 spiro atoms. The molecular formula is C18H26ClN2O9P. The summed E-state index contributed by atoms with van der Waals surface area (Å²) in [6, 6.07) is 1.17. The standard InChI is InChI=1S/C18H26ClN2O9P/c1-11(2)28-14(23)6-4-5-9-26-31(25)27-10-12-15(30-31)18(3,19)16(29-12)21-8-7-13(22)20-17(21)24/h7-8,11-12,15-16H,4-6,9-10H2,1-3H3,(H,20,22,24)/t12-,15-,16-,18-,31+/m1/s1. The van der Waals surface area contributed by atoms with Crippen molar-refractivity contribution in [3.63, 3.8) is 0 Å². The van der Waals surface area contributed by atoms with E-state index in [1.54, 1.807) is 20.8 Å². The van der Waals surface area contributed by atoms with Crippen molar-refractivity contribution in [1.29, 1.82) is 0 Å². The number of carbonyl (C=O) groups excluding carboxylic acids is 1. The molecule has 1 N–H and O–H groups in total. The first-order valence-electron chi connectivity index (χ1n) is 9.95. The van der Waals surface area contributed by atoms with E-state index in [1.807, 2.05) is 0 Å². The van der Waals surface area contributed by atoms with Gasteiger partial charge in [-0.15, -0.1) is 11.6 Å². The van der Waals surface area contributed by atoms with Crippen LogP contribution in [0.15, 0.2) is 21.9 Å². The molecule has 0 saturated carbocycles. The molecule has 0 bridgehead atoms. The minimum atomic E-state index is -3.91. The van der Waals surface area contributed by atoms with Crippen molar-refractivity contribution < 1.29 is 32.4 Å². The number of rotatable bonds is 8. The number of phosphoric acid groups is 1. The van der Waals surface area contributed by atoms with Crippen molar-refractivity contribution in [2.75, 3.05) is 13.2 Å². The number of esters is 1. The van der Waals surface area contributed by atoms with E-state index >= 15 is 0 Å². The summed E-state index contributed by atoms with van der Waals surface area (Å²) < 4.78 is 41.1. The van der Waals surface area contributed by atoms with Gasteiger partial charge in [0, 0.05) is 18.7 Å². The van der Waals surface area contributed by atoms with Crippen LogP contribution < -0.4 is 11.2 Å². The minimum absolute atomic E-state index is 0.0479. The van der Waals surface area contributed by atoms with E-state index in [-0.39, 0.29) is 31.7 Å². The number of H-pyrrole nitrogens is 1. The molecule has 5 atom stereocenters. The quantitative estimate of drug-likeness (QED) is 0.257. The van der Waals surface area contributed by atoms with E-state index in [9.17, 15) is 18.9 Å². The van der Waals surface area contributed by atoms with Crippen molar-refractivity contribution in [2.45, 2.75) is 69.4 Å². The molecule has 0 aromatic carbocycles. The lowest BCUT2D eigenvalue weighted by Crippen LogP contribution is -2.45. The highest BCUT2D eigenvalue weighted by atomic mass is 35.5. The van der Waals surface area contributed by atoms with E-state index in [1.165, 1.54) is 12.3 Å². The Kier molecular flexibility index (Phi) is 7.45. The number of halogens is 1. The number of ether oxygens (including phenoxy) is 2. The lowest BCUT2D eigenvalue weighted by Gasteiger charge is -2.34. The number of fused-ring (bicyclic) bond motifs is 1. The molecule has 0 radical (unpaired) electrons. The minimum Gasteiger partial charge on any atom is -0.463 e. The fourth-order valence-corrected chi connectivity index (χ4v) is 5.31.